The quantitative estimate of drug-likeness (QED) is 0.734. The van der Waals surface area contributed by atoms with Crippen molar-refractivity contribution in [2.75, 3.05) is 0 Å². The fourth-order valence-corrected chi connectivity index (χ4v) is 1.95. The summed E-state index contributed by atoms with van der Waals surface area (Å²) in [7, 11) is 0. The van der Waals surface area contributed by atoms with Gasteiger partial charge in [0.2, 0.25) is 11.7 Å². The molecule has 2 aromatic heterocycles. The molecule has 0 atom stereocenters. The maximum absolute atomic E-state index is 11.6. The van der Waals surface area contributed by atoms with Crippen LogP contribution >= 0.6 is 0 Å². The molecule has 112 valence electrons. The number of phenolic OH excluding ortho intramolecular Hbond substituents is 1. The molecule has 2 N–H and O–H groups in total. The molecular weight excluding hydrogens is 288 g/mol. The largest absolute Gasteiger partial charge is 0.508 e. The van der Waals surface area contributed by atoms with Gasteiger partial charge < -0.3 is 9.63 Å². The Kier molecular flexibility index (Phi) is 3.34. The van der Waals surface area contributed by atoms with E-state index in [0.29, 0.717) is 17.0 Å². The lowest BCUT2D eigenvalue weighted by atomic mass is 10.1. The minimum absolute atomic E-state index is 0.0552. The molecule has 0 aliphatic rings. The third kappa shape index (κ3) is 2.66. The average Bonchev–Trinajstić information content (AvgIpc) is 2.93. The number of hydrogen-bond acceptors (Lipinski definition) is 6. The number of H-pyrrole nitrogens is 1. The zero-order chi connectivity index (χ0) is 15.7. The normalized spacial score (nSPS) is 10.8. The Balaban J connectivity index is 1.89. The first kappa shape index (κ1) is 13.8. The lowest BCUT2D eigenvalue weighted by molar-refractivity contribution is 0.369. The maximum Gasteiger partial charge on any atom is 0.328 e. The van der Waals surface area contributed by atoms with Crippen LogP contribution in [0, 0.1) is 6.92 Å². The van der Waals surface area contributed by atoms with E-state index >= 15 is 0 Å². The number of benzene rings is 1. The molecule has 0 unspecified atom stereocenters. The fraction of sp³-hybridized carbons (Fsp3) is 0.143. The molecule has 3 rings (SSSR count). The number of aromatic amines is 1. The molecule has 0 aliphatic heterocycles. The molecule has 0 aliphatic carbocycles. The maximum atomic E-state index is 11.6. The van der Waals surface area contributed by atoms with E-state index in [9.17, 15) is 14.7 Å². The molecule has 3 aromatic rings. The molecule has 0 amide bonds. The summed E-state index contributed by atoms with van der Waals surface area (Å²) >= 11 is 0. The molecule has 8 nitrogen and oxygen atoms in total. The standard InChI is InChI=1S/C14H12N4O4/c1-8-6-9(2-3-10(8)19)13-16-12(22-17-13)7-18-5-4-11(20)15-14(18)21/h2-6,19H,7H2,1H3,(H,15,20,21). The zero-order valence-electron chi connectivity index (χ0n) is 11.6. The van der Waals surface area contributed by atoms with Crippen LogP contribution in [0.3, 0.4) is 0 Å². The van der Waals surface area contributed by atoms with Crippen molar-refractivity contribution in [3.63, 3.8) is 0 Å². The van der Waals surface area contributed by atoms with Crippen molar-refractivity contribution in [1.29, 1.82) is 0 Å². The molecule has 0 spiro atoms. The summed E-state index contributed by atoms with van der Waals surface area (Å²) < 4.78 is 6.35. The van der Waals surface area contributed by atoms with Gasteiger partial charge in [-0.25, -0.2) is 4.79 Å². The van der Waals surface area contributed by atoms with Gasteiger partial charge in [0.15, 0.2) is 0 Å². The molecule has 0 radical (unpaired) electrons. The van der Waals surface area contributed by atoms with E-state index in [2.05, 4.69) is 15.1 Å². The topological polar surface area (TPSA) is 114 Å². The molecule has 2 heterocycles. The van der Waals surface area contributed by atoms with Crippen LogP contribution < -0.4 is 11.2 Å². The van der Waals surface area contributed by atoms with Crippen LogP contribution in [0.2, 0.25) is 0 Å². The molecule has 22 heavy (non-hydrogen) atoms. The average molecular weight is 300 g/mol. The van der Waals surface area contributed by atoms with Crippen molar-refractivity contribution in [1.82, 2.24) is 19.7 Å². The van der Waals surface area contributed by atoms with Crippen molar-refractivity contribution >= 4 is 0 Å². The number of nitrogens with zero attached hydrogens (tertiary/aromatic N) is 3. The molecule has 0 fully saturated rings. The van der Waals surface area contributed by atoms with Crippen LogP contribution in [-0.2, 0) is 6.54 Å². The van der Waals surface area contributed by atoms with Crippen LogP contribution in [0.4, 0.5) is 0 Å². The summed E-state index contributed by atoms with van der Waals surface area (Å²) in [5.74, 6) is 0.776. The Labute approximate surface area is 123 Å². The summed E-state index contributed by atoms with van der Waals surface area (Å²) in [6.45, 7) is 1.82. The minimum atomic E-state index is -0.548. The monoisotopic (exact) mass is 300 g/mol. The number of hydrogen-bond donors (Lipinski definition) is 2. The van der Waals surface area contributed by atoms with Gasteiger partial charge in [-0.3, -0.25) is 14.3 Å². The van der Waals surface area contributed by atoms with Crippen LogP contribution in [0.25, 0.3) is 11.4 Å². The lowest BCUT2D eigenvalue weighted by Gasteiger charge is -2.00. The zero-order valence-corrected chi connectivity index (χ0v) is 11.6. The Bertz CT molecular complexity index is 938. The van der Waals surface area contributed by atoms with Crippen molar-refractivity contribution in [2.45, 2.75) is 13.5 Å². The number of aromatic hydroxyl groups is 1. The molecule has 0 saturated carbocycles. The number of nitrogens with one attached hydrogen (secondary N) is 1. The van der Waals surface area contributed by atoms with Crippen molar-refractivity contribution in [3.8, 4) is 17.1 Å². The smallest absolute Gasteiger partial charge is 0.328 e. The summed E-state index contributed by atoms with van der Waals surface area (Å²) in [5, 5.41) is 13.4. The number of phenols is 1. The molecule has 8 heteroatoms. The summed E-state index contributed by atoms with van der Waals surface area (Å²) in [4.78, 5) is 28.9. The Morgan fingerprint density at radius 3 is 2.86 bits per heavy atom. The second kappa shape index (κ2) is 5.32. The van der Waals surface area contributed by atoms with E-state index in [0.717, 1.165) is 0 Å². The Morgan fingerprint density at radius 2 is 2.14 bits per heavy atom. The van der Waals surface area contributed by atoms with Gasteiger partial charge in [0.1, 0.15) is 12.3 Å². The molecule has 1 aromatic carbocycles. The highest BCUT2D eigenvalue weighted by atomic mass is 16.5. The van der Waals surface area contributed by atoms with E-state index in [1.807, 2.05) is 0 Å². The minimum Gasteiger partial charge on any atom is -0.508 e. The van der Waals surface area contributed by atoms with Gasteiger partial charge in [0.25, 0.3) is 5.56 Å². The predicted octanol–water partition coefficient (Wildman–Crippen LogP) is 0.649. The third-order valence-electron chi connectivity index (χ3n) is 3.13. The second-order valence-electron chi connectivity index (χ2n) is 4.75. The molecular formula is C14H12N4O4. The van der Waals surface area contributed by atoms with Gasteiger partial charge >= 0.3 is 5.69 Å². The summed E-state index contributed by atoms with van der Waals surface area (Å²) in [6, 6.07) is 6.19. The number of aromatic nitrogens is 4. The summed E-state index contributed by atoms with van der Waals surface area (Å²) in [5.41, 5.74) is 0.375. The highest BCUT2D eigenvalue weighted by molar-refractivity contribution is 5.57. The van der Waals surface area contributed by atoms with Crippen molar-refractivity contribution in [3.05, 3.63) is 62.8 Å². The van der Waals surface area contributed by atoms with E-state index < -0.39 is 11.2 Å². The van der Waals surface area contributed by atoms with Crippen molar-refractivity contribution < 1.29 is 9.63 Å². The third-order valence-corrected chi connectivity index (χ3v) is 3.13. The fourth-order valence-electron chi connectivity index (χ4n) is 1.95. The van der Waals surface area contributed by atoms with Gasteiger partial charge in [0, 0.05) is 17.8 Å². The van der Waals surface area contributed by atoms with Crippen LogP contribution in [0.15, 0.2) is 44.6 Å². The van der Waals surface area contributed by atoms with Crippen LogP contribution in [0.1, 0.15) is 11.5 Å². The highest BCUT2D eigenvalue weighted by Crippen LogP contribution is 2.23. The first-order valence-electron chi connectivity index (χ1n) is 6.45. The second-order valence-corrected chi connectivity index (χ2v) is 4.75. The van der Waals surface area contributed by atoms with Crippen LogP contribution in [0.5, 0.6) is 5.75 Å². The molecule has 0 saturated heterocycles. The Hall–Kier alpha value is -3.16. The van der Waals surface area contributed by atoms with Gasteiger partial charge in [-0.05, 0) is 30.7 Å². The predicted molar refractivity (Wildman–Crippen MR) is 76.6 cm³/mol. The van der Waals surface area contributed by atoms with Gasteiger partial charge in [-0.2, -0.15) is 4.98 Å². The van der Waals surface area contributed by atoms with Gasteiger partial charge in [0.05, 0.1) is 0 Å². The molecule has 0 bridgehead atoms. The SMILES string of the molecule is Cc1cc(-c2noc(Cn3ccc(=O)[nH]c3=O)n2)ccc1O. The number of aryl methyl sites for hydroxylation is 1. The van der Waals surface area contributed by atoms with Crippen molar-refractivity contribution in [2.24, 2.45) is 0 Å². The highest BCUT2D eigenvalue weighted by Gasteiger charge is 2.11. The first-order valence-corrected chi connectivity index (χ1v) is 6.45. The van der Waals surface area contributed by atoms with Gasteiger partial charge in [-0.15, -0.1) is 0 Å². The van der Waals surface area contributed by atoms with E-state index in [-0.39, 0.29) is 18.2 Å². The lowest BCUT2D eigenvalue weighted by Crippen LogP contribution is -2.28. The van der Waals surface area contributed by atoms with E-state index in [4.69, 9.17) is 4.52 Å². The van der Waals surface area contributed by atoms with Crippen LogP contribution in [-0.4, -0.2) is 24.8 Å². The Morgan fingerprint density at radius 1 is 1.32 bits per heavy atom. The summed E-state index contributed by atoms with van der Waals surface area (Å²) in [6.07, 6.45) is 1.36. The first-order chi connectivity index (χ1) is 10.5. The number of rotatable bonds is 3. The van der Waals surface area contributed by atoms with E-state index in [1.165, 1.54) is 16.8 Å². The van der Waals surface area contributed by atoms with E-state index in [1.54, 1.807) is 25.1 Å². The van der Waals surface area contributed by atoms with Gasteiger partial charge in [-0.1, -0.05) is 5.16 Å².